The smallest absolute Gasteiger partial charge is 0.266 e. The fourth-order valence-corrected chi connectivity index (χ4v) is 3.30. The van der Waals surface area contributed by atoms with Gasteiger partial charge in [-0.3, -0.25) is 14.4 Å². The van der Waals surface area contributed by atoms with Crippen molar-refractivity contribution < 1.29 is 18.9 Å². The predicted octanol–water partition coefficient (Wildman–Crippen LogP) is 1.51. The number of aryl methyl sites for hydroxylation is 1. The highest BCUT2D eigenvalue weighted by Gasteiger charge is 2.35. The third kappa shape index (κ3) is 3.90. The molecular weight excluding hydrogens is 298 g/mol. The van der Waals surface area contributed by atoms with Gasteiger partial charge in [-0.1, -0.05) is 18.0 Å². The lowest BCUT2D eigenvalue weighted by Gasteiger charge is -2.24. The summed E-state index contributed by atoms with van der Waals surface area (Å²) < 4.78 is 5.08. The highest BCUT2D eigenvalue weighted by atomic mass is 16.7. The van der Waals surface area contributed by atoms with Crippen molar-refractivity contribution in [3.05, 3.63) is 17.5 Å². The molecule has 7 heteroatoms. The SMILES string of the molecule is Cc1cc(CC(=O)N2CCCC2C(=O)NOC2CCCC2)on1. The van der Waals surface area contributed by atoms with Crippen molar-refractivity contribution in [1.29, 1.82) is 0 Å². The molecule has 1 aliphatic carbocycles. The van der Waals surface area contributed by atoms with Crippen molar-refractivity contribution in [2.75, 3.05) is 6.54 Å². The van der Waals surface area contributed by atoms with Gasteiger partial charge in [0.2, 0.25) is 5.91 Å². The summed E-state index contributed by atoms with van der Waals surface area (Å²) in [7, 11) is 0. The van der Waals surface area contributed by atoms with Gasteiger partial charge in [0.1, 0.15) is 11.8 Å². The van der Waals surface area contributed by atoms with Crippen LogP contribution in [0.2, 0.25) is 0 Å². The maximum atomic E-state index is 12.4. The molecule has 1 saturated carbocycles. The molecule has 1 aromatic heterocycles. The van der Waals surface area contributed by atoms with Gasteiger partial charge in [0.25, 0.3) is 5.91 Å². The van der Waals surface area contributed by atoms with Crippen molar-refractivity contribution in [1.82, 2.24) is 15.5 Å². The Morgan fingerprint density at radius 1 is 1.35 bits per heavy atom. The van der Waals surface area contributed by atoms with Crippen LogP contribution in [-0.4, -0.2) is 40.6 Å². The third-order valence-corrected chi connectivity index (χ3v) is 4.51. The van der Waals surface area contributed by atoms with E-state index in [4.69, 9.17) is 9.36 Å². The lowest BCUT2D eigenvalue weighted by molar-refractivity contribution is -0.148. The second-order valence-electron chi connectivity index (χ2n) is 6.35. The molecule has 2 fully saturated rings. The number of likely N-dealkylation sites (tertiary alicyclic amines) is 1. The predicted molar refractivity (Wildman–Crippen MR) is 81.2 cm³/mol. The summed E-state index contributed by atoms with van der Waals surface area (Å²) in [5.74, 6) is 0.192. The largest absolute Gasteiger partial charge is 0.361 e. The van der Waals surface area contributed by atoms with E-state index in [2.05, 4.69) is 10.6 Å². The number of hydroxylamine groups is 1. The van der Waals surface area contributed by atoms with Crippen LogP contribution in [0.3, 0.4) is 0 Å². The van der Waals surface area contributed by atoms with Crippen LogP contribution in [0.15, 0.2) is 10.6 Å². The fourth-order valence-electron chi connectivity index (χ4n) is 3.30. The topological polar surface area (TPSA) is 84.7 Å². The van der Waals surface area contributed by atoms with E-state index < -0.39 is 6.04 Å². The number of amides is 2. The van der Waals surface area contributed by atoms with E-state index in [1.165, 1.54) is 0 Å². The van der Waals surface area contributed by atoms with Gasteiger partial charge in [0.05, 0.1) is 18.2 Å². The maximum absolute atomic E-state index is 12.4. The van der Waals surface area contributed by atoms with E-state index >= 15 is 0 Å². The summed E-state index contributed by atoms with van der Waals surface area (Å²) >= 11 is 0. The Morgan fingerprint density at radius 3 is 2.83 bits per heavy atom. The summed E-state index contributed by atoms with van der Waals surface area (Å²) in [6, 6.07) is 1.29. The summed E-state index contributed by atoms with van der Waals surface area (Å²) in [5, 5.41) is 3.78. The van der Waals surface area contributed by atoms with E-state index in [1.807, 2.05) is 6.92 Å². The molecular formula is C16H23N3O4. The van der Waals surface area contributed by atoms with Gasteiger partial charge < -0.3 is 9.42 Å². The standard InChI is InChI=1S/C16H23N3O4/c1-11-9-13(23-17-11)10-15(20)19-8-4-7-14(19)16(21)18-22-12-5-2-3-6-12/h9,12,14H,2-8,10H2,1H3,(H,18,21). The Hall–Kier alpha value is -1.89. The van der Waals surface area contributed by atoms with Gasteiger partial charge in [-0.05, 0) is 32.6 Å². The van der Waals surface area contributed by atoms with Crippen molar-refractivity contribution in [2.45, 2.75) is 64.0 Å². The van der Waals surface area contributed by atoms with Crippen LogP contribution in [0.4, 0.5) is 0 Å². The first-order valence-electron chi connectivity index (χ1n) is 8.30. The Labute approximate surface area is 135 Å². The lowest BCUT2D eigenvalue weighted by Crippen LogP contribution is -2.47. The fraction of sp³-hybridized carbons (Fsp3) is 0.688. The first kappa shape index (κ1) is 16.0. The first-order chi connectivity index (χ1) is 11.1. The molecule has 0 spiro atoms. The lowest BCUT2D eigenvalue weighted by atomic mass is 10.2. The van der Waals surface area contributed by atoms with E-state index in [9.17, 15) is 9.59 Å². The number of carbonyl (C=O) groups excluding carboxylic acids is 2. The molecule has 0 radical (unpaired) electrons. The normalized spacial score (nSPS) is 21.8. The minimum absolute atomic E-state index is 0.111. The number of hydrogen-bond acceptors (Lipinski definition) is 5. The molecule has 2 aliphatic rings. The molecule has 7 nitrogen and oxygen atoms in total. The van der Waals surface area contributed by atoms with E-state index in [1.54, 1.807) is 11.0 Å². The molecule has 2 amide bonds. The van der Waals surface area contributed by atoms with Crippen LogP contribution < -0.4 is 5.48 Å². The van der Waals surface area contributed by atoms with Crippen molar-refractivity contribution in [3.63, 3.8) is 0 Å². The molecule has 1 aromatic rings. The van der Waals surface area contributed by atoms with Crippen LogP contribution in [0.5, 0.6) is 0 Å². The molecule has 126 valence electrons. The number of nitrogens with zero attached hydrogens (tertiary/aromatic N) is 2. The number of carbonyl (C=O) groups is 2. The van der Waals surface area contributed by atoms with Crippen LogP contribution in [0.1, 0.15) is 50.0 Å². The third-order valence-electron chi connectivity index (χ3n) is 4.51. The molecule has 23 heavy (non-hydrogen) atoms. The Balaban J connectivity index is 1.53. The second kappa shape index (κ2) is 7.12. The summed E-state index contributed by atoms with van der Waals surface area (Å²) in [5.41, 5.74) is 3.29. The van der Waals surface area contributed by atoms with Crippen LogP contribution in [0, 0.1) is 6.92 Å². The Morgan fingerprint density at radius 2 is 2.13 bits per heavy atom. The van der Waals surface area contributed by atoms with E-state index in [0.29, 0.717) is 18.7 Å². The van der Waals surface area contributed by atoms with Crippen LogP contribution >= 0.6 is 0 Å². The van der Waals surface area contributed by atoms with Crippen molar-refractivity contribution in [3.8, 4) is 0 Å². The second-order valence-corrected chi connectivity index (χ2v) is 6.35. The minimum atomic E-state index is -0.451. The zero-order valence-corrected chi connectivity index (χ0v) is 13.4. The highest BCUT2D eigenvalue weighted by molar-refractivity contribution is 5.88. The molecule has 2 heterocycles. The molecule has 1 N–H and O–H groups in total. The van der Waals surface area contributed by atoms with Gasteiger partial charge in [-0.2, -0.15) is 0 Å². The molecule has 0 bridgehead atoms. The molecule has 1 aliphatic heterocycles. The number of nitrogens with one attached hydrogen (secondary N) is 1. The van der Waals surface area contributed by atoms with Gasteiger partial charge in [0.15, 0.2) is 0 Å². The number of aromatic nitrogens is 1. The Kier molecular flexibility index (Phi) is 4.95. The van der Waals surface area contributed by atoms with Gasteiger partial charge >= 0.3 is 0 Å². The Bertz CT molecular complexity index is 565. The molecule has 1 unspecified atom stereocenters. The first-order valence-corrected chi connectivity index (χ1v) is 8.30. The molecule has 1 atom stereocenters. The molecule has 0 aromatic carbocycles. The quantitative estimate of drug-likeness (QED) is 0.831. The number of rotatable bonds is 5. The van der Waals surface area contributed by atoms with Crippen LogP contribution in [-0.2, 0) is 20.8 Å². The summed E-state index contributed by atoms with van der Waals surface area (Å²) in [6.07, 6.45) is 5.99. The van der Waals surface area contributed by atoms with E-state index in [0.717, 1.165) is 37.8 Å². The number of hydrogen-bond donors (Lipinski definition) is 1. The van der Waals surface area contributed by atoms with Crippen molar-refractivity contribution in [2.24, 2.45) is 0 Å². The van der Waals surface area contributed by atoms with Gasteiger partial charge in [-0.15, -0.1) is 0 Å². The van der Waals surface area contributed by atoms with Gasteiger partial charge in [-0.25, -0.2) is 5.48 Å². The molecule has 3 rings (SSSR count). The average molecular weight is 321 g/mol. The zero-order valence-electron chi connectivity index (χ0n) is 13.4. The van der Waals surface area contributed by atoms with Crippen molar-refractivity contribution >= 4 is 11.8 Å². The molecule has 1 saturated heterocycles. The van der Waals surface area contributed by atoms with Crippen LogP contribution in [0.25, 0.3) is 0 Å². The zero-order chi connectivity index (χ0) is 16.2. The van der Waals surface area contributed by atoms with Gasteiger partial charge in [0, 0.05) is 12.6 Å². The average Bonchev–Trinajstić information content (AvgIpc) is 3.26. The van der Waals surface area contributed by atoms with E-state index in [-0.39, 0.29) is 24.3 Å². The monoisotopic (exact) mass is 321 g/mol. The minimum Gasteiger partial charge on any atom is -0.361 e. The highest BCUT2D eigenvalue weighted by Crippen LogP contribution is 2.22. The summed E-state index contributed by atoms with van der Waals surface area (Å²) in [6.45, 7) is 2.40. The maximum Gasteiger partial charge on any atom is 0.266 e. The summed E-state index contributed by atoms with van der Waals surface area (Å²) in [4.78, 5) is 31.8.